The van der Waals surface area contributed by atoms with Crippen LogP contribution in [0.2, 0.25) is 0 Å². The van der Waals surface area contributed by atoms with Crippen molar-refractivity contribution in [3.8, 4) is 0 Å². The number of nitrogens with two attached hydrogens (primary N) is 2. The zero-order chi connectivity index (χ0) is 14.1. The van der Waals surface area contributed by atoms with E-state index in [2.05, 4.69) is 27.9 Å². The van der Waals surface area contributed by atoms with Crippen molar-refractivity contribution in [2.75, 3.05) is 11.5 Å². The number of benzene rings is 1. The summed E-state index contributed by atoms with van der Waals surface area (Å²) in [5, 5.41) is 1.15. The van der Waals surface area contributed by atoms with Crippen molar-refractivity contribution in [1.29, 1.82) is 0 Å². The summed E-state index contributed by atoms with van der Waals surface area (Å²) in [4.78, 5) is 12.3. The second kappa shape index (κ2) is 4.77. The molecular formula is C15H15N5. The van der Waals surface area contributed by atoms with Gasteiger partial charge in [-0.2, -0.15) is 4.98 Å². The smallest absolute Gasteiger partial charge is 0.221 e. The van der Waals surface area contributed by atoms with Crippen molar-refractivity contribution in [3.63, 3.8) is 0 Å². The largest absolute Gasteiger partial charge is 0.383 e. The maximum absolute atomic E-state index is 5.87. The first-order valence-corrected chi connectivity index (χ1v) is 6.34. The van der Waals surface area contributed by atoms with Crippen LogP contribution in [0.1, 0.15) is 16.7 Å². The van der Waals surface area contributed by atoms with Crippen LogP contribution in [0.15, 0.2) is 36.7 Å². The number of pyridine rings is 1. The molecule has 2 heterocycles. The van der Waals surface area contributed by atoms with Crippen molar-refractivity contribution < 1.29 is 0 Å². The average Bonchev–Trinajstić information content (AvgIpc) is 2.43. The van der Waals surface area contributed by atoms with Crippen LogP contribution in [0.25, 0.3) is 10.9 Å². The molecule has 0 saturated carbocycles. The first-order valence-electron chi connectivity index (χ1n) is 6.34. The van der Waals surface area contributed by atoms with Gasteiger partial charge in [-0.15, -0.1) is 0 Å². The fraction of sp³-hybridized carbons (Fsp3) is 0.133. The van der Waals surface area contributed by atoms with Gasteiger partial charge in [0.05, 0.1) is 5.52 Å². The highest BCUT2D eigenvalue weighted by Gasteiger charge is 2.06. The van der Waals surface area contributed by atoms with E-state index < -0.39 is 0 Å². The van der Waals surface area contributed by atoms with Gasteiger partial charge in [-0.25, -0.2) is 4.98 Å². The normalized spacial score (nSPS) is 10.8. The van der Waals surface area contributed by atoms with Gasteiger partial charge in [-0.3, -0.25) is 4.98 Å². The van der Waals surface area contributed by atoms with Gasteiger partial charge in [0, 0.05) is 29.8 Å². The summed E-state index contributed by atoms with van der Waals surface area (Å²) in [5.41, 5.74) is 15.6. The molecule has 5 nitrogen and oxygen atoms in total. The van der Waals surface area contributed by atoms with E-state index in [1.165, 1.54) is 5.56 Å². The highest BCUT2D eigenvalue weighted by Crippen LogP contribution is 2.21. The number of aromatic nitrogens is 3. The lowest BCUT2D eigenvalue weighted by Crippen LogP contribution is -2.04. The van der Waals surface area contributed by atoms with E-state index in [9.17, 15) is 0 Å². The molecule has 0 bridgehead atoms. The fourth-order valence-corrected chi connectivity index (χ4v) is 2.23. The monoisotopic (exact) mass is 265 g/mol. The second-order valence-electron chi connectivity index (χ2n) is 4.79. The van der Waals surface area contributed by atoms with Crippen molar-refractivity contribution >= 4 is 22.7 Å². The Balaban J connectivity index is 2.00. The first kappa shape index (κ1) is 12.3. The summed E-state index contributed by atoms with van der Waals surface area (Å²) in [6.45, 7) is 2.08. The molecule has 0 amide bonds. The SMILES string of the molecule is Cc1ccnc2ccc(Cc3cnc(N)nc3N)cc12. The molecule has 0 aliphatic heterocycles. The van der Waals surface area contributed by atoms with Crippen LogP contribution in [0.3, 0.4) is 0 Å². The molecule has 100 valence electrons. The van der Waals surface area contributed by atoms with E-state index in [4.69, 9.17) is 11.5 Å². The molecule has 5 heteroatoms. The molecule has 1 aromatic carbocycles. The average molecular weight is 265 g/mol. The van der Waals surface area contributed by atoms with Gasteiger partial charge >= 0.3 is 0 Å². The number of hydrogen-bond donors (Lipinski definition) is 2. The molecule has 20 heavy (non-hydrogen) atoms. The molecular weight excluding hydrogens is 250 g/mol. The standard InChI is InChI=1S/C15H15N5/c1-9-4-5-18-13-3-2-10(7-12(9)13)6-11-8-19-15(17)20-14(11)16/h2-5,7-8H,6H2,1H3,(H4,16,17,19,20). The number of hydrogen-bond acceptors (Lipinski definition) is 5. The van der Waals surface area contributed by atoms with E-state index in [-0.39, 0.29) is 5.95 Å². The number of nitrogen functional groups attached to an aromatic ring is 2. The summed E-state index contributed by atoms with van der Waals surface area (Å²) >= 11 is 0. The van der Waals surface area contributed by atoms with Crippen molar-refractivity contribution in [2.24, 2.45) is 0 Å². The van der Waals surface area contributed by atoms with Crippen LogP contribution in [0, 0.1) is 6.92 Å². The Morgan fingerprint density at radius 1 is 1.10 bits per heavy atom. The van der Waals surface area contributed by atoms with Crippen LogP contribution in [-0.4, -0.2) is 15.0 Å². The number of anilines is 2. The molecule has 0 unspecified atom stereocenters. The van der Waals surface area contributed by atoms with Crippen molar-refractivity contribution in [2.45, 2.75) is 13.3 Å². The Bertz CT molecular complexity index is 782. The molecule has 3 rings (SSSR count). The summed E-state index contributed by atoms with van der Waals surface area (Å²) in [6.07, 6.45) is 4.18. The zero-order valence-electron chi connectivity index (χ0n) is 11.2. The molecule has 0 fully saturated rings. The topological polar surface area (TPSA) is 90.7 Å². The molecule has 2 aromatic heterocycles. The molecule has 0 aliphatic rings. The Hall–Kier alpha value is -2.69. The lowest BCUT2D eigenvalue weighted by Gasteiger charge is -2.07. The Morgan fingerprint density at radius 2 is 1.95 bits per heavy atom. The van der Waals surface area contributed by atoms with Gasteiger partial charge in [-0.05, 0) is 36.2 Å². The Labute approximate surface area is 116 Å². The number of rotatable bonds is 2. The van der Waals surface area contributed by atoms with Gasteiger partial charge in [0.15, 0.2) is 0 Å². The Morgan fingerprint density at radius 3 is 2.75 bits per heavy atom. The van der Waals surface area contributed by atoms with Crippen LogP contribution < -0.4 is 11.5 Å². The van der Waals surface area contributed by atoms with E-state index >= 15 is 0 Å². The van der Waals surface area contributed by atoms with Crippen LogP contribution in [0.4, 0.5) is 11.8 Å². The third kappa shape index (κ3) is 2.25. The van der Waals surface area contributed by atoms with Gasteiger partial charge in [-0.1, -0.05) is 6.07 Å². The molecule has 0 radical (unpaired) electrons. The maximum Gasteiger partial charge on any atom is 0.221 e. The van der Waals surface area contributed by atoms with Crippen molar-refractivity contribution in [1.82, 2.24) is 15.0 Å². The number of aryl methyl sites for hydroxylation is 1. The summed E-state index contributed by atoms with van der Waals surface area (Å²) in [6, 6.07) is 8.21. The number of fused-ring (bicyclic) bond motifs is 1. The van der Waals surface area contributed by atoms with E-state index in [1.807, 2.05) is 24.4 Å². The molecule has 0 atom stereocenters. The molecule has 0 aliphatic carbocycles. The minimum absolute atomic E-state index is 0.199. The third-order valence-electron chi connectivity index (χ3n) is 3.34. The first-order chi connectivity index (χ1) is 9.63. The fourth-order valence-electron chi connectivity index (χ4n) is 2.23. The Kier molecular flexibility index (Phi) is 2.95. The highest BCUT2D eigenvalue weighted by atomic mass is 15.0. The second-order valence-corrected chi connectivity index (χ2v) is 4.79. The summed E-state index contributed by atoms with van der Waals surface area (Å²) < 4.78 is 0. The maximum atomic E-state index is 5.87. The quantitative estimate of drug-likeness (QED) is 0.740. The van der Waals surface area contributed by atoms with E-state index in [1.54, 1.807) is 6.20 Å². The van der Waals surface area contributed by atoms with Gasteiger partial charge in [0.1, 0.15) is 5.82 Å². The van der Waals surface area contributed by atoms with E-state index in [0.29, 0.717) is 12.2 Å². The minimum atomic E-state index is 0.199. The number of nitrogens with zero attached hydrogens (tertiary/aromatic N) is 3. The summed E-state index contributed by atoms with van der Waals surface area (Å²) in [5.74, 6) is 0.630. The van der Waals surface area contributed by atoms with E-state index in [0.717, 1.165) is 22.0 Å². The van der Waals surface area contributed by atoms with Crippen LogP contribution in [-0.2, 0) is 6.42 Å². The zero-order valence-corrected chi connectivity index (χ0v) is 11.2. The van der Waals surface area contributed by atoms with Gasteiger partial charge in [0.2, 0.25) is 5.95 Å². The predicted molar refractivity (Wildman–Crippen MR) is 80.1 cm³/mol. The molecule has 0 saturated heterocycles. The lowest BCUT2D eigenvalue weighted by molar-refractivity contribution is 1.09. The highest BCUT2D eigenvalue weighted by molar-refractivity contribution is 5.82. The lowest BCUT2D eigenvalue weighted by atomic mass is 10.0. The minimum Gasteiger partial charge on any atom is -0.383 e. The summed E-state index contributed by atoms with van der Waals surface area (Å²) in [7, 11) is 0. The molecule has 4 N–H and O–H groups in total. The van der Waals surface area contributed by atoms with Crippen LogP contribution in [0.5, 0.6) is 0 Å². The van der Waals surface area contributed by atoms with Crippen LogP contribution >= 0.6 is 0 Å². The molecule has 0 spiro atoms. The van der Waals surface area contributed by atoms with Gasteiger partial charge in [0.25, 0.3) is 0 Å². The van der Waals surface area contributed by atoms with Crippen molar-refractivity contribution in [3.05, 3.63) is 53.3 Å². The van der Waals surface area contributed by atoms with Gasteiger partial charge < -0.3 is 11.5 Å². The predicted octanol–water partition coefficient (Wildman–Crippen LogP) is 2.09. The third-order valence-corrected chi connectivity index (χ3v) is 3.34. The molecule has 3 aromatic rings.